The third-order valence-electron chi connectivity index (χ3n) is 4.70. The van der Waals surface area contributed by atoms with Gasteiger partial charge in [-0.25, -0.2) is 0 Å². The van der Waals surface area contributed by atoms with E-state index in [4.69, 9.17) is 10.5 Å². The average Bonchev–Trinajstić information content (AvgIpc) is 3.07. The van der Waals surface area contributed by atoms with Crippen molar-refractivity contribution in [3.63, 3.8) is 0 Å². The van der Waals surface area contributed by atoms with Crippen molar-refractivity contribution in [2.24, 2.45) is 17.1 Å². The fraction of sp³-hybridized carbons (Fsp3) is 0.857. The molecule has 0 aliphatic carbocycles. The standard InChI is InChI=1S/C14H25N5O/c1-10-4-7-20-11(10)12-16-13(18-17-12)19-6-3-5-14(2,8-15)9-19/h10-11H,3-9,15H2,1-2H3,(H,16,17,18). The Bertz CT molecular complexity index is 462. The van der Waals surface area contributed by atoms with Crippen LogP contribution in [0.2, 0.25) is 0 Å². The molecule has 2 fully saturated rings. The number of aromatic amines is 1. The van der Waals surface area contributed by atoms with Crippen molar-refractivity contribution < 1.29 is 4.74 Å². The van der Waals surface area contributed by atoms with Gasteiger partial charge in [0.05, 0.1) is 0 Å². The number of ether oxygens (including phenoxy) is 1. The molecule has 3 rings (SSSR count). The zero-order valence-electron chi connectivity index (χ0n) is 12.4. The summed E-state index contributed by atoms with van der Waals surface area (Å²) in [5.41, 5.74) is 6.08. The van der Waals surface area contributed by atoms with Crippen LogP contribution in [0.1, 0.15) is 45.0 Å². The van der Waals surface area contributed by atoms with E-state index in [-0.39, 0.29) is 11.5 Å². The molecule has 1 aromatic heterocycles. The van der Waals surface area contributed by atoms with Crippen molar-refractivity contribution >= 4 is 5.95 Å². The topological polar surface area (TPSA) is 80.1 Å². The van der Waals surface area contributed by atoms with E-state index < -0.39 is 0 Å². The lowest BCUT2D eigenvalue weighted by Crippen LogP contribution is -2.46. The van der Waals surface area contributed by atoms with Gasteiger partial charge in [-0.05, 0) is 37.1 Å². The van der Waals surface area contributed by atoms with Gasteiger partial charge >= 0.3 is 0 Å². The smallest absolute Gasteiger partial charge is 0.244 e. The van der Waals surface area contributed by atoms with Gasteiger partial charge < -0.3 is 15.4 Å². The first kappa shape index (κ1) is 13.8. The summed E-state index contributed by atoms with van der Waals surface area (Å²) >= 11 is 0. The Hall–Kier alpha value is -1.14. The van der Waals surface area contributed by atoms with Crippen LogP contribution in [0, 0.1) is 11.3 Å². The summed E-state index contributed by atoms with van der Waals surface area (Å²) < 4.78 is 5.74. The van der Waals surface area contributed by atoms with Crippen LogP contribution in [0.15, 0.2) is 0 Å². The van der Waals surface area contributed by atoms with E-state index in [1.807, 2.05) is 0 Å². The van der Waals surface area contributed by atoms with Crippen molar-refractivity contribution in [2.45, 2.75) is 39.2 Å². The van der Waals surface area contributed by atoms with E-state index in [0.29, 0.717) is 12.5 Å². The highest BCUT2D eigenvalue weighted by molar-refractivity contribution is 5.31. The van der Waals surface area contributed by atoms with E-state index in [9.17, 15) is 0 Å². The molecule has 2 aliphatic rings. The fourth-order valence-corrected chi connectivity index (χ4v) is 3.23. The molecule has 0 aromatic carbocycles. The van der Waals surface area contributed by atoms with Gasteiger partial charge in [0.2, 0.25) is 5.95 Å². The Morgan fingerprint density at radius 3 is 3.10 bits per heavy atom. The molecule has 3 N–H and O–H groups in total. The SMILES string of the molecule is CC1CCOC1c1nc(N2CCCC(C)(CN)C2)n[nH]1. The number of nitrogens with zero attached hydrogens (tertiary/aromatic N) is 3. The first-order valence-corrected chi connectivity index (χ1v) is 7.60. The summed E-state index contributed by atoms with van der Waals surface area (Å²) in [7, 11) is 0. The number of aromatic nitrogens is 3. The van der Waals surface area contributed by atoms with E-state index >= 15 is 0 Å². The summed E-state index contributed by atoms with van der Waals surface area (Å²) in [4.78, 5) is 6.91. The number of H-pyrrole nitrogens is 1. The minimum atomic E-state index is 0.0712. The Morgan fingerprint density at radius 1 is 1.55 bits per heavy atom. The Labute approximate surface area is 120 Å². The lowest BCUT2D eigenvalue weighted by molar-refractivity contribution is 0.0876. The molecule has 2 aliphatic heterocycles. The zero-order valence-corrected chi connectivity index (χ0v) is 12.4. The van der Waals surface area contributed by atoms with Crippen LogP contribution in [-0.2, 0) is 4.74 Å². The molecule has 3 atom stereocenters. The van der Waals surface area contributed by atoms with Crippen molar-refractivity contribution in [1.82, 2.24) is 15.2 Å². The maximum absolute atomic E-state index is 5.91. The number of nitrogens with two attached hydrogens (primary N) is 1. The molecule has 0 radical (unpaired) electrons. The summed E-state index contributed by atoms with van der Waals surface area (Å²) in [5, 5.41) is 7.45. The normalized spacial score (nSPS) is 34.6. The summed E-state index contributed by atoms with van der Waals surface area (Å²) in [5.74, 6) is 2.17. The van der Waals surface area contributed by atoms with Gasteiger partial charge in [0.1, 0.15) is 6.10 Å². The highest BCUT2D eigenvalue weighted by atomic mass is 16.5. The second kappa shape index (κ2) is 5.33. The number of piperidine rings is 1. The van der Waals surface area contributed by atoms with Crippen LogP contribution < -0.4 is 10.6 Å². The van der Waals surface area contributed by atoms with E-state index in [1.165, 1.54) is 6.42 Å². The number of hydrogen-bond acceptors (Lipinski definition) is 5. The van der Waals surface area contributed by atoms with Crippen LogP contribution >= 0.6 is 0 Å². The van der Waals surface area contributed by atoms with E-state index in [2.05, 4.69) is 33.9 Å². The molecule has 0 amide bonds. The molecule has 2 saturated heterocycles. The molecule has 20 heavy (non-hydrogen) atoms. The quantitative estimate of drug-likeness (QED) is 0.875. The third-order valence-corrected chi connectivity index (χ3v) is 4.70. The molecule has 3 unspecified atom stereocenters. The molecule has 0 spiro atoms. The number of anilines is 1. The van der Waals surface area contributed by atoms with Gasteiger partial charge in [0.15, 0.2) is 5.82 Å². The lowest BCUT2D eigenvalue weighted by atomic mass is 9.82. The molecule has 1 aromatic rings. The van der Waals surface area contributed by atoms with E-state index in [1.54, 1.807) is 0 Å². The Kier molecular flexibility index (Phi) is 3.69. The third kappa shape index (κ3) is 2.54. The van der Waals surface area contributed by atoms with Gasteiger partial charge in [-0.15, -0.1) is 5.10 Å². The van der Waals surface area contributed by atoms with Crippen LogP contribution in [-0.4, -0.2) is 41.4 Å². The second-order valence-electron chi connectivity index (χ2n) is 6.62. The molecule has 112 valence electrons. The summed E-state index contributed by atoms with van der Waals surface area (Å²) in [6.45, 7) is 7.91. The first-order valence-electron chi connectivity index (χ1n) is 7.60. The molecule has 6 nitrogen and oxygen atoms in total. The van der Waals surface area contributed by atoms with Gasteiger partial charge in [0.25, 0.3) is 0 Å². The predicted octanol–water partition coefficient (Wildman–Crippen LogP) is 1.47. The fourth-order valence-electron chi connectivity index (χ4n) is 3.23. The zero-order chi connectivity index (χ0) is 14.2. The van der Waals surface area contributed by atoms with Gasteiger partial charge in [-0.2, -0.15) is 4.98 Å². The van der Waals surface area contributed by atoms with Crippen LogP contribution in [0.3, 0.4) is 0 Å². The predicted molar refractivity (Wildman–Crippen MR) is 77.5 cm³/mol. The maximum atomic E-state index is 5.91. The Morgan fingerprint density at radius 2 is 2.40 bits per heavy atom. The number of nitrogens with one attached hydrogen (secondary N) is 1. The average molecular weight is 279 g/mol. The summed E-state index contributed by atoms with van der Waals surface area (Å²) in [6.07, 6.45) is 3.49. The largest absolute Gasteiger partial charge is 0.370 e. The molecule has 6 heteroatoms. The molecule has 0 bridgehead atoms. The van der Waals surface area contributed by atoms with Crippen molar-refractivity contribution in [2.75, 3.05) is 31.1 Å². The van der Waals surface area contributed by atoms with Crippen LogP contribution in [0.25, 0.3) is 0 Å². The monoisotopic (exact) mass is 279 g/mol. The maximum Gasteiger partial charge on any atom is 0.244 e. The van der Waals surface area contributed by atoms with Crippen LogP contribution in [0.5, 0.6) is 0 Å². The van der Waals surface area contributed by atoms with E-state index in [0.717, 1.165) is 44.3 Å². The van der Waals surface area contributed by atoms with Crippen molar-refractivity contribution in [1.29, 1.82) is 0 Å². The lowest BCUT2D eigenvalue weighted by Gasteiger charge is -2.39. The second-order valence-corrected chi connectivity index (χ2v) is 6.62. The number of hydrogen-bond donors (Lipinski definition) is 2. The summed E-state index contributed by atoms with van der Waals surface area (Å²) in [6, 6.07) is 0. The molecular formula is C14H25N5O. The molecular weight excluding hydrogens is 254 g/mol. The Balaban J connectivity index is 1.73. The highest BCUT2D eigenvalue weighted by Crippen LogP contribution is 2.34. The first-order chi connectivity index (χ1) is 9.61. The van der Waals surface area contributed by atoms with Gasteiger partial charge in [0, 0.05) is 19.7 Å². The minimum absolute atomic E-state index is 0.0712. The van der Waals surface area contributed by atoms with Crippen molar-refractivity contribution in [3.8, 4) is 0 Å². The minimum Gasteiger partial charge on any atom is -0.370 e. The van der Waals surface area contributed by atoms with Crippen molar-refractivity contribution in [3.05, 3.63) is 5.82 Å². The highest BCUT2D eigenvalue weighted by Gasteiger charge is 2.33. The molecule has 3 heterocycles. The van der Waals surface area contributed by atoms with Gasteiger partial charge in [-0.3, -0.25) is 5.10 Å². The number of rotatable bonds is 3. The van der Waals surface area contributed by atoms with Crippen LogP contribution in [0.4, 0.5) is 5.95 Å². The van der Waals surface area contributed by atoms with Gasteiger partial charge in [-0.1, -0.05) is 13.8 Å². The molecule has 0 saturated carbocycles.